The van der Waals surface area contributed by atoms with Crippen molar-refractivity contribution in [3.8, 4) is 0 Å². The number of likely N-dealkylation sites (tertiary alicyclic amines) is 1. The lowest BCUT2D eigenvalue weighted by Crippen LogP contribution is -2.49. The van der Waals surface area contributed by atoms with E-state index in [9.17, 15) is 9.59 Å². The summed E-state index contributed by atoms with van der Waals surface area (Å²) in [6, 6.07) is 30.7. The highest BCUT2D eigenvalue weighted by atomic mass is 16.4. The zero-order valence-electron chi connectivity index (χ0n) is 22.2. The van der Waals surface area contributed by atoms with Crippen molar-refractivity contribution in [1.82, 2.24) is 15.5 Å². The number of carboxylic acid groups (broad SMARTS) is 1. The summed E-state index contributed by atoms with van der Waals surface area (Å²) in [5.74, 6) is 0.309. The average molecular weight is 514 g/mol. The fourth-order valence-electron chi connectivity index (χ4n) is 5.72. The van der Waals surface area contributed by atoms with Crippen molar-refractivity contribution in [2.45, 2.75) is 50.0 Å². The predicted molar refractivity (Wildman–Crippen MR) is 151 cm³/mol. The summed E-state index contributed by atoms with van der Waals surface area (Å²) in [5.41, 5.74) is 3.31. The van der Waals surface area contributed by atoms with E-state index in [1.807, 2.05) is 36.4 Å². The average Bonchev–Trinajstić information content (AvgIpc) is 2.96. The number of carbonyl (C=O) groups is 2. The van der Waals surface area contributed by atoms with Gasteiger partial charge >= 0.3 is 6.09 Å². The van der Waals surface area contributed by atoms with Gasteiger partial charge in [-0.2, -0.15) is 0 Å². The summed E-state index contributed by atoms with van der Waals surface area (Å²) in [5, 5.41) is 14.4. The summed E-state index contributed by atoms with van der Waals surface area (Å²) in [7, 11) is 0. The molecule has 0 aromatic heterocycles. The number of hydrogen-bond acceptors (Lipinski definition) is 3. The largest absolute Gasteiger partial charge is 0.465 e. The molecular weight excluding hydrogens is 474 g/mol. The molecule has 2 amide bonds. The van der Waals surface area contributed by atoms with Crippen LogP contribution < -0.4 is 10.6 Å². The minimum absolute atomic E-state index is 0.327. The Morgan fingerprint density at radius 1 is 0.895 bits per heavy atom. The van der Waals surface area contributed by atoms with E-state index < -0.39 is 17.6 Å². The molecule has 3 aromatic carbocycles. The fourth-order valence-corrected chi connectivity index (χ4v) is 5.72. The number of nitrogens with zero attached hydrogens (tertiary/aromatic N) is 1. The third-order valence-electron chi connectivity index (χ3n) is 7.89. The second-order valence-electron chi connectivity index (χ2n) is 10.3. The molecule has 0 saturated carbocycles. The van der Waals surface area contributed by atoms with Gasteiger partial charge in [-0.3, -0.25) is 4.79 Å². The number of rotatable bonds is 11. The first-order valence-electron chi connectivity index (χ1n) is 13.6. The predicted octanol–water partition coefficient (Wildman–Crippen LogP) is 5.40. The van der Waals surface area contributed by atoms with Crippen molar-refractivity contribution in [3.63, 3.8) is 0 Å². The first-order valence-corrected chi connectivity index (χ1v) is 13.6. The first kappa shape index (κ1) is 27.4. The number of benzene rings is 3. The molecule has 0 bridgehead atoms. The van der Waals surface area contributed by atoms with Crippen LogP contribution in [0.25, 0.3) is 0 Å². The van der Waals surface area contributed by atoms with E-state index in [1.165, 1.54) is 18.4 Å². The molecule has 0 unspecified atom stereocenters. The van der Waals surface area contributed by atoms with Crippen LogP contribution in [0.15, 0.2) is 91.0 Å². The van der Waals surface area contributed by atoms with Crippen molar-refractivity contribution in [3.05, 3.63) is 108 Å². The van der Waals surface area contributed by atoms with Gasteiger partial charge in [-0.05, 0) is 74.8 Å². The standard InChI is InChI=1S/C32H39N3O3/c1-25(34-31(37)38)30(36)33-24-32(28-14-7-3-8-15-28,29-16-9-4-10-17-29)20-11-21-35-22-18-27(19-23-35)26-12-5-2-6-13-26/h2-10,12-17,25,27,34H,11,18-24H2,1H3,(H,33,36)(H,37,38)/t25-/m0/s1. The molecule has 38 heavy (non-hydrogen) atoms. The van der Waals surface area contributed by atoms with E-state index in [4.69, 9.17) is 5.11 Å². The Labute approximate surface area is 226 Å². The maximum absolute atomic E-state index is 12.8. The fraction of sp³-hybridized carbons (Fsp3) is 0.375. The van der Waals surface area contributed by atoms with Crippen LogP contribution in [0.5, 0.6) is 0 Å². The molecule has 1 fully saturated rings. The van der Waals surface area contributed by atoms with Crippen LogP contribution in [0, 0.1) is 0 Å². The summed E-state index contributed by atoms with van der Waals surface area (Å²) >= 11 is 0. The molecule has 1 atom stereocenters. The smallest absolute Gasteiger partial charge is 0.405 e. The van der Waals surface area contributed by atoms with Gasteiger partial charge in [-0.1, -0.05) is 91.0 Å². The number of piperidine rings is 1. The summed E-state index contributed by atoms with van der Waals surface area (Å²) in [6.07, 6.45) is 2.99. The molecule has 0 spiro atoms. The van der Waals surface area contributed by atoms with Crippen LogP contribution in [-0.2, 0) is 10.2 Å². The highest BCUT2D eigenvalue weighted by molar-refractivity contribution is 5.84. The lowest BCUT2D eigenvalue weighted by Gasteiger charge is -2.37. The Morgan fingerprint density at radius 2 is 1.42 bits per heavy atom. The first-order chi connectivity index (χ1) is 18.5. The van der Waals surface area contributed by atoms with E-state index in [0.717, 1.165) is 43.6 Å². The topological polar surface area (TPSA) is 81.7 Å². The van der Waals surface area contributed by atoms with Gasteiger partial charge in [0.15, 0.2) is 0 Å². The van der Waals surface area contributed by atoms with E-state index in [1.54, 1.807) is 6.92 Å². The van der Waals surface area contributed by atoms with Gasteiger partial charge < -0.3 is 20.6 Å². The second kappa shape index (κ2) is 13.2. The van der Waals surface area contributed by atoms with Gasteiger partial charge in [0.1, 0.15) is 6.04 Å². The summed E-state index contributed by atoms with van der Waals surface area (Å²) in [4.78, 5) is 26.4. The van der Waals surface area contributed by atoms with E-state index >= 15 is 0 Å². The van der Waals surface area contributed by atoms with Crippen molar-refractivity contribution in [2.75, 3.05) is 26.2 Å². The number of carbonyl (C=O) groups excluding carboxylic acids is 1. The molecule has 6 nitrogen and oxygen atoms in total. The maximum Gasteiger partial charge on any atom is 0.405 e. The van der Waals surface area contributed by atoms with Crippen molar-refractivity contribution in [2.24, 2.45) is 0 Å². The van der Waals surface area contributed by atoms with Crippen LogP contribution in [0.3, 0.4) is 0 Å². The highest BCUT2D eigenvalue weighted by Crippen LogP contribution is 2.37. The molecule has 0 aliphatic carbocycles. The third kappa shape index (κ3) is 7.01. The van der Waals surface area contributed by atoms with Crippen molar-refractivity contribution < 1.29 is 14.7 Å². The van der Waals surface area contributed by atoms with Gasteiger partial charge in [0.05, 0.1) is 0 Å². The molecule has 1 heterocycles. The molecule has 3 N–H and O–H groups in total. The summed E-state index contributed by atoms with van der Waals surface area (Å²) in [6.45, 7) is 5.15. The number of amides is 2. The lowest BCUT2D eigenvalue weighted by atomic mass is 9.71. The quantitative estimate of drug-likeness (QED) is 0.320. The third-order valence-corrected chi connectivity index (χ3v) is 7.89. The molecule has 4 rings (SSSR count). The SMILES string of the molecule is C[C@H](NC(=O)O)C(=O)NCC(CCCN1CCC(c2ccccc2)CC1)(c1ccccc1)c1ccccc1. The Bertz CT molecular complexity index is 1110. The Hall–Kier alpha value is -3.64. The van der Waals surface area contributed by atoms with Crippen LogP contribution in [0.2, 0.25) is 0 Å². The lowest BCUT2D eigenvalue weighted by molar-refractivity contribution is -0.122. The Kier molecular flexibility index (Phi) is 9.55. The minimum atomic E-state index is -1.21. The van der Waals surface area contributed by atoms with Crippen LogP contribution in [0.4, 0.5) is 4.79 Å². The Morgan fingerprint density at radius 3 is 1.95 bits per heavy atom. The molecule has 1 aliphatic rings. The van der Waals surface area contributed by atoms with Crippen molar-refractivity contribution in [1.29, 1.82) is 0 Å². The zero-order valence-corrected chi connectivity index (χ0v) is 22.2. The molecule has 6 heteroatoms. The van der Waals surface area contributed by atoms with Gasteiger partial charge in [0, 0.05) is 12.0 Å². The van der Waals surface area contributed by atoms with Gasteiger partial charge in [-0.25, -0.2) is 4.79 Å². The molecule has 3 aromatic rings. The normalized spacial score (nSPS) is 15.5. The summed E-state index contributed by atoms with van der Waals surface area (Å²) < 4.78 is 0. The van der Waals surface area contributed by atoms with Crippen LogP contribution in [-0.4, -0.2) is 54.2 Å². The maximum atomic E-state index is 12.8. The molecule has 200 valence electrons. The molecular formula is C32H39N3O3. The van der Waals surface area contributed by atoms with Crippen LogP contribution in [0.1, 0.15) is 55.2 Å². The van der Waals surface area contributed by atoms with Gasteiger partial charge in [0.2, 0.25) is 5.91 Å². The monoisotopic (exact) mass is 513 g/mol. The number of hydrogen-bond donors (Lipinski definition) is 3. The molecule has 0 radical (unpaired) electrons. The van der Waals surface area contributed by atoms with E-state index in [0.29, 0.717) is 12.5 Å². The highest BCUT2D eigenvalue weighted by Gasteiger charge is 2.35. The van der Waals surface area contributed by atoms with Crippen LogP contribution >= 0.6 is 0 Å². The van der Waals surface area contributed by atoms with Gasteiger partial charge in [0.25, 0.3) is 0 Å². The zero-order chi connectivity index (χ0) is 26.8. The molecule has 1 aliphatic heterocycles. The van der Waals surface area contributed by atoms with E-state index in [2.05, 4.69) is 70.1 Å². The molecule has 1 saturated heterocycles. The van der Waals surface area contributed by atoms with Crippen molar-refractivity contribution >= 4 is 12.0 Å². The van der Waals surface area contributed by atoms with Gasteiger partial charge in [-0.15, -0.1) is 0 Å². The minimum Gasteiger partial charge on any atom is -0.465 e. The van der Waals surface area contributed by atoms with E-state index in [-0.39, 0.29) is 5.91 Å². The Balaban J connectivity index is 1.47. The second-order valence-corrected chi connectivity index (χ2v) is 10.3. The number of nitrogens with one attached hydrogen (secondary N) is 2.